The summed E-state index contributed by atoms with van der Waals surface area (Å²) in [5, 5.41) is 16.6. The molecule has 0 fully saturated rings. The van der Waals surface area contributed by atoms with Crippen LogP contribution in [0.25, 0.3) is 0 Å². The Morgan fingerprint density at radius 1 is 0.652 bits per heavy atom. The van der Waals surface area contributed by atoms with E-state index in [4.69, 9.17) is 10.2 Å². The number of rotatable bonds is 12. The van der Waals surface area contributed by atoms with Crippen molar-refractivity contribution in [2.75, 3.05) is 0 Å². The van der Waals surface area contributed by atoms with Crippen molar-refractivity contribution in [3.05, 3.63) is 0 Å². The molecule has 140 valence electrons. The summed E-state index contributed by atoms with van der Waals surface area (Å²) in [6.45, 7) is 8.75. The smallest absolute Gasteiger partial charge is 0.303 e. The van der Waals surface area contributed by atoms with Crippen molar-refractivity contribution in [2.24, 2.45) is 11.8 Å². The fraction of sp³-hybridized carbons (Fsp3) is 0.889. The van der Waals surface area contributed by atoms with E-state index >= 15 is 0 Å². The van der Waals surface area contributed by atoms with Crippen molar-refractivity contribution in [1.82, 2.24) is 0 Å². The summed E-state index contributed by atoms with van der Waals surface area (Å²) in [6, 6.07) is 0. The Hall–Kier alpha value is -0.541. The molecule has 0 saturated heterocycles. The number of carbonyl (C=O) groups is 2. The van der Waals surface area contributed by atoms with E-state index in [1.54, 1.807) is 0 Å². The average molecular weight is 372 g/mol. The summed E-state index contributed by atoms with van der Waals surface area (Å²) in [7, 11) is 0. The molecule has 0 aliphatic carbocycles. The summed E-state index contributed by atoms with van der Waals surface area (Å²) in [4.78, 5) is 20.2. The summed E-state index contributed by atoms with van der Waals surface area (Å²) in [5.74, 6) is 0.140. The number of hydrogen-bond acceptors (Lipinski definition) is 2. The van der Waals surface area contributed by atoms with Gasteiger partial charge in [0.25, 0.3) is 0 Å². The molecule has 0 aliphatic rings. The third kappa shape index (κ3) is 34.0. The SMILES string of the molecule is CC(C)CCCCC(=O)O.CC(C)CCCCCCC(=O)O.[Fe]. The number of carboxylic acid groups (broad SMARTS) is 2. The molecule has 0 atom stereocenters. The Morgan fingerprint density at radius 3 is 1.30 bits per heavy atom. The van der Waals surface area contributed by atoms with Crippen molar-refractivity contribution >= 4 is 11.9 Å². The first kappa shape index (κ1) is 27.3. The summed E-state index contributed by atoms with van der Waals surface area (Å²) >= 11 is 0. The van der Waals surface area contributed by atoms with Gasteiger partial charge in [0.1, 0.15) is 0 Å². The first-order chi connectivity index (χ1) is 10.3. The van der Waals surface area contributed by atoms with Crippen molar-refractivity contribution in [3.63, 3.8) is 0 Å². The Kier molecular flexibility index (Phi) is 23.2. The van der Waals surface area contributed by atoms with E-state index in [0.717, 1.165) is 38.0 Å². The second-order valence-electron chi connectivity index (χ2n) is 6.77. The summed E-state index contributed by atoms with van der Waals surface area (Å²) in [5.41, 5.74) is 0. The van der Waals surface area contributed by atoms with Gasteiger partial charge in [0, 0.05) is 29.9 Å². The number of unbranched alkanes of at least 4 members (excludes halogenated alkanes) is 4. The van der Waals surface area contributed by atoms with E-state index in [-0.39, 0.29) is 17.1 Å². The van der Waals surface area contributed by atoms with Crippen LogP contribution in [0.2, 0.25) is 0 Å². The minimum absolute atomic E-state index is 0. The molecule has 0 rings (SSSR count). The van der Waals surface area contributed by atoms with Gasteiger partial charge in [-0.3, -0.25) is 9.59 Å². The molecule has 5 heteroatoms. The maximum absolute atomic E-state index is 10.1. The zero-order valence-corrected chi connectivity index (χ0v) is 16.4. The topological polar surface area (TPSA) is 74.6 Å². The molecule has 0 aliphatic heterocycles. The van der Waals surface area contributed by atoms with Gasteiger partial charge in [0.2, 0.25) is 0 Å². The van der Waals surface area contributed by atoms with Crippen LogP contribution in [0, 0.1) is 11.8 Å². The van der Waals surface area contributed by atoms with Crippen LogP contribution in [0.5, 0.6) is 0 Å². The molecule has 0 heterocycles. The minimum atomic E-state index is -0.677. The first-order valence-corrected chi connectivity index (χ1v) is 8.69. The molecule has 2 N–H and O–H groups in total. The Balaban J connectivity index is -0.000000338. The number of hydrogen-bond donors (Lipinski definition) is 2. The van der Waals surface area contributed by atoms with Crippen LogP contribution < -0.4 is 0 Å². The van der Waals surface area contributed by atoms with Crippen LogP contribution >= 0.6 is 0 Å². The molecule has 0 saturated carbocycles. The monoisotopic (exact) mass is 372 g/mol. The van der Waals surface area contributed by atoms with E-state index in [0.29, 0.717) is 18.8 Å². The zero-order valence-electron chi connectivity index (χ0n) is 15.3. The Bertz CT molecular complexity index is 278. The van der Waals surface area contributed by atoms with Crippen molar-refractivity contribution in [1.29, 1.82) is 0 Å². The molecule has 0 aromatic heterocycles. The molecular weight excluding hydrogens is 336 g/mol. The van der Waals surface area contributed by atoms with E-state index in [9.17, 15) is 9.59 Å². The van der Waals surface area contributed by atoms with Crippen LogP contribution in [0.1, 0.15) is 91.9 Å². The molecular formula is C18H36FeO4. The fourth-order valence-electron chi connectivity index (χ4n) is 2.01. The molecule has 0 aromatic rings. The molecule has 0 aromatic carbocycles. The molecule has 0 amide bonds. The van der Waals surface area contributed by atoms with Crippen LogP contribution in [-0.2, 0) is 26.7 Å². The van der Waals surface area contributed by atoms with Gasteiger partial charge in [-0.15, -0.1) is 0 Å². The molecule has 4 nitrogen and oxygen atoms in total. The van der Waals surface area contributed by atoms with Crippen molar-refractivity contribution in [2.45, 2.75) is 91.9 Å². The van der Waals surface area contributed by atoms with Crippen LogP contribution in [-0.4, -0.2) is 22.2 Å². The van der Waals surface area contributed by atoms with E-state index in [1.807, 2.05) is 0 Å². The largest absolute Gasteiger partial charge is 0.481 e. The van der Waals surface area contributed by atoms with Crippen LogP contribution in [0.3, 0.4) is 0 Å². The maximum Gasteiger partial charge on any atom is 0.303 e. The molecule has 0 bridgehead atoms. The molecule has 23 heavy (non-hydrogen) atoms. The Labute approximate surface area is 152 Å². The van der Waals surface area contributed by atoms with Crippen LogP contribution in [0.4, 0.5) is 0 Å². The maximum atomic E-state index is 10.1. The van der Waals surface area contributed by atoms with Gasteiger partial charge in [0.15, 0.2) is 0 Å². The minimum Gasteiger partial charge on any atom is -0.481 e. The van der Waals surface area contributed by atoms with Crippen molar-refractivity contribution < 1.29 is 36.9 Å². The predicted octanol–water partition coefficient (Wildman–Crippen LogP) is 5.35. The quantitative estimate of drug-likeness (QED) is 0.358. The average Bonchev–Trinajstić information content (AvgIpc) is 2.38. The van der Waals surface area contributed by atoms with Gasteiger partial charge in [0.05, 0.1) is 0 Å². The molecule has 0 radical (unpaired) electrons. The van der Waals surface area contributed by atoms with E-state index < -0.39 is 11.9 Å². The normalized spacial score (nSPS) is 10.0. The Morgan fingerprint density at radius 2 is 0.957 bits per heavy atom. The zero-order chi connectivity index (χ0) is 17.4. The third-order valence-corrected chi connectivity index (χ3v) is 3.34. The fourth-order valence-corrected chi connectivity index (χ4v) is 2.01. The first-order valence-electron chi connectivity index (χ1n) is 8.69. The standard InChI is InChI=1S/C10H20O2.C8H16O2.Fe/c1-9(2)7-5-3-4-6-8-10(11)12;1-7(2)5-3-4-6-8(9)10;/h9H,3-8H2,1-2H3,(H,11,12);7H,3-6H2,1-2H3,(H,9,10);. The van der Waals surface area contributed by atoms with Crippen LogP contribution in [0.15, 0.2) is 0 Å². The van der Waals surface area contributed by atoms with E-state index in [1.165, 1.54) is 19.3 Å². The predicted molar refractivity (Wildman–Crippen MR) is 91.1 cm³/mol. The summed E-state index contributed by atoms with van der Waals surface area (Å²) < 4.78 is 0. The van der Waals surface area contributed by atoms with Gasteiger partial charge in [-0.2, -0.15) is 0 Å². The summed E-state index contributed by atoms with van der Waals surface area (Å²) in [6.07, 6.45) is 9.29. The van der Waals surface area contributed by atoms with Crippen molar-refractivity contribution in [3.8, 4) is 0 Å². The number of carboxylic acids is 2. The van der Waals surface area contributed by atoms with Gasteiger partial charge >= 0.3 is 11.9 Å². The number of aliphatic carboxylic acids is 2. The second-order valence-corrected chi connectivity index (χ2v) is 6.77. The third-order valence-electron chi connectivity index (χ3n) is 3.34. The van der Waals surface area contributed by atoms with Gasteiger partial charge in [-0.25, -0.2) is 0 Å². The second kappa shape index (κ2) is 19.5. The molecule has 0 unspecified atom stereocenters. The van der Waals surface area contributed by atoms with E-state index in [2.05, 4.69) is 27.7 Å². The van der Waals surface area contributed by atoms with Gasteiger partial charge in [-0.05, 0) is 24.7 Å². The van der Waals surface area contributed by atoms with Gasteiger partial charge in [-0.1, -0.05) is 66.2 Å². The molecule has 0 spiro atoms. The van der Waals surface area contributed by atoms with Gasteiger partial charge < -0.3 is 10.2 Å².